The molecule has 1 aromatic heterocycles. The summed E-state index contributed by atoms with van der Waals surface area (Å²) < 4.78 is 31.3. The van der Waals surface area contributed by atoms with Crippen molar-refractivity contribution in [1.29, 1.82) is 0 Å². The number of piperidine rings is 1. The number of aromatic amines is 1. The van der Waals surface area contributed by atoms with E-state index in [1.54, 1.807) is 19.2 Å². The Labute approximate surface area is 163 Å². The smallest absolute Gasteiger partial charge is 0.250 e. The number of rotatable bonds is 8. The highest BCUT2D eigenvalue weighted by atomic mass is 32.2. The van der Waals surface area contributed by atoms with Crippen molar-refractivity contribution in [2.24, 2.45) is 5.73 Å². The summed E-state index contributed by atoms with van der Waals surface area (Å²) >= 11 is 0. The predicted octanol–water partition coefficient (Wildman–Crippen LogP) is 0.700. The molecule has 1 amide bonds. The standard InChI is InChI=1S/C18H26N4O5S/c1-27-7-2-8-28(25,26)22-5-3-13(4-6-22)16-14-9-12(11-23)10-15(18(19)24)17(14)21-20-16/h9-10,13,23H,2-8,11H2,1H3,(H2,19,24)(H,20,21). The van der Waals surface area contributed by atoms with Crippen molar-refractivity contribution in [3.05, 3.63) is 29.0 Å². The Morgan fingerprint density at radius 1 is 1.39 bits per heavy atom. The minimum Gasteiger partial charge on any atom is -0.392 e. The van der Waals surface area contributed by atoms with Gasteiger partial charge in [-0.1, -0.05) is 0 Å². The van der Waals surface area contributed by atoms with Crippen molar-refractivity contribution in [2.45, 2.75) is 31.8 Å². The van der Waals surface area contributed by atoms with Gasteiger partial charge in [0, 0.05) is 43.8 Å². The molecule has 4 N–H and O–H groups in total. The maximum Gasteiger partial charge on any atom is 0.250 e. The van der Waals surface area contributed by atoms with Crippen LogP contribution in [0.5, 0.6) is 0 Å². The molecule has 0 aliphatic carbocycles. The molecule has 0 atom stereocenters. The summed E-state index contributed by atoms with van der Waals surface area (Å²) in [5, 5.41) is 17.5. The van der Waals surface area contributed by atoms with Gasteiger partial charge in [-0.25, -0.2) is 12.7 Å². The molecule has 0 radical (unpaired) electrons. The van der Waals surface area contributed by atoms with E-state index in [0.717, 1.165) is 11.1 Å². The van der Waals surface area contributed by atoms with Gasteiger partial charge in [0.15, 0.2) is 0 Å². The number of amides is 1. The van der Waals surface area contributed by atoms with Crippen molar-refractivity contribution in [2.75, 3.05) is 32.6 Å². The highest BCUT2D eigenvalue weighted by Crippen LogP contribution is 2.34. The van der Waals surface area contributed by atoms with Crippen molar-refractivity contribution in [3.8, 4) is 0 Å². The zero-order valence-electron chi connectivity index (χ0n) is 15.8. The first-order chi connectivity index (χ1) is 13.4. The Morgan fingerprint density at radius 2 is 2.11 bits per heavy atom. The predicted molar refractivity (Wildman–Crippen MR) is 104 cm³/mol. The summed E-state index contributed by atoms with van der Waals surface area (Å²) in [6.07, 6.45) is 1.77. The Bertz CT molecular complexity index is 948. The van der Waals surface area contributed by atoms with Crippen LogP contribution in [0.25, 0.3) is 10.9 Å². The van der Waals surface area contributed by atoms with Crippen LogP contribution in [-0.2, 0) is 21.4 Å². The summed E-state index contributed by atoms with van der Waals surface area (Å²) in [6.45, 7) is 1.08. The number of hydrogen-bond acceptors (Lipinski definition) is 6. The van der Waals surface area contributed by atoms with Gasteiger partial charge in [0.2, 0.25) is 10.0 Å². The van der Waals surface area contributed by atoms with Gasteiger partial charge in [0.1, 0.15) is 5.52 Å². The number of fused-ring (bicyclic) bond motifs is 1. The Kier molecular flexibility index (Phi) is 6.33. The third kappa shape index (κ3) is 4.19. The van der Waals surface area contributed by atoms with Crippen LogP contribution in [0.4, 0.5) is 0 Å². The van der Waals surface area contributed by atoms with Gasteiger partial charge >= 0.3 is 0 Å². The molecule has 0 saturated carbocycles. The number of aliphatic hydroxyl groups excluding tert-OH is 1. The number of ether oxygens (including phenoxy) is 1. The maximum absolute atomic E-state index is 12.4. The summed E-state index contributed by atoms with van der Waals surface area (Å²) in [4.78, 5) is 11.7. The zero-order chi connectivity index (χ0) is 20.3. The molecular weight excluding hydrogens is 384 g/mol. The number of hydrogen-bond donors (Lipinski definition) is 3. The number of primary amides is 1. The summed E-state index contributed by atoms with van der Waals surface area (Å²) in [5.41, 5.74) is 7.63. The van der Waals surface area contributed by atoms with Gasteiger partial charge in [0.05, 0.1) is 17.9 Å². The Hall–Kier alpha value is -2.01. The molecule has 1 saturated heterocycles. The Balaban J connectivity index is 1.78. The van der Waals surface area contributed by atoms with E-state index in [1.807, 2.05) is 0 Å². The highest BCUT2D eigenvalue weighted by molar-refractivity contribution is 7.89. The fraction of sp³-hybridized carbons (Fsp3) is 0.556. The van der Waals surface area contributed by atoms with Crippen LogP contribution in [0.2, 0.25) is 0 Å². The molecule has 154 valence electrons. The first-order valence-electron chi connectivity index (χ1n) is 9.25. The summed E-state index contributed by atoms with van der Waals surface area (Å²) in [6, 6.07) is 3.35. The molecule has 10 heteroatoms. The lowest BCUT2D eigenvalue weighted by Crippen LogP contribution is -2.39. The van der Waals surface area contributed by atoms with Gasteiger partial charge in [-0.2, -0.15) is 5.10 Å². The van der Waals surface area contributed by atoms with Crippen LogP contribution in [0, 0.1) is 0 Å². The molecule has 0 spiro atoms. The molecule has 0 bridgehead atoms. The molecule has 0 unspecified atom stereocenters. The number of carbonyl (C=O) groups excluding carboxylic acids is 1. The summed E-state index contributed by atoms with van der Waals surface area (Å²) in [7, 11) is -1.73. The number of H-pyrrole nitrogens is 1. The van der Waals surface area contributed by atoms with Gasteiger partial charge in [0.25, 0.3) is 5.91 Å². The van der Waals surface area contributed by atoms with Crippen molar-refractivity contribution < 1.29 is 23.1 Å². The third-order valence-electron chi connectivity index (χ3n) is 5.20. The van der Waals surface area contributed by atoms with E-state index in [9.17, 15) is 18.3 Å². The molecule has 1 aromatic carbocycles. The van der Waals surface area contributed by atoms with Gasteiger partial charge in [-0.15, -0.1) is 0 Å². The monoisotopic (exact) mass is 410 g/mol. The highest BCUT2D eigenvalue weighted by Gasteiger charge is 2.30. The molecule has 2 aromatic rings. The minimum atomic E-state index is -3.29. The molecule has 1 aliphatic rings. The topological polar surface area (TPSA) is 139 Å². The number of nitrogens with two attached hydrogens (primary N) is 1. The number of aromatic nitrogens is 2. The van der Waals surface area contributed by atoms with Gasteiger partial charge in [-0.05, 0) is 37.0 Å². The second-order valence-corrected chi connectivity index (χ2v) is 9.12. The van der Waals surface area contributed by atoms with Crippen LogP contribution in [0.1, 0.15) is 46.8 Å². The lowest BCUT2D eigenvalue weighted by molar-refractivity contribution is 0.100. The number of nitrogens with zero attached hydrogens (tertiary/aromatic N) is 2. The first-order valence-corrected chi connectivity index (χ1v) is 10.9. The second kappa shape index (κ2) is 8.56. The van der Waals surface area contributed by atoms with Crippen molar-refractivity contribution >= 4 is 26.8 Å². The number of nitrogens with one attached hydrogen (secondary N) is 1. The van der Waals surface area contributed by atoms with E-state index in [1.165, 1.54) is 4.31 Å². The number of aliphatic hydroxyl groups is 1. The SMILES string of the molecule is COCCCS(=O)(=O)N1CCC(c2[nH]nc3c(C(N)=O)cc(CO)cc23)CC1. The number of benzene rings is 1. The van der Waals surface area contributed by atoms with E-state index in [2.05, 4.69) is 10.2 Å². The fourth-order valence-corrected chi connectivity index (χ4v) is 5.23. The zero-order valence-corrected chi connectivity index (χ0v) is 16.7. The molecule has 9 nitrogen and oxygen atoms in total. The van der Waals surface area contributed by atoms with E-state index < -0.39 is 15.9 Å². The van der Waals surface area contributed by atoms with Crippen LogP contribution in [0.3, 0.4) is 0 Å². The van der Waals surface area contributed by atoms with E-state index >= 15 is 0 Å². The van der Waals surface area contributed by atoms with Crippen molar-refractivity contribution in [1.82, 2.24) is 14.5 Å². The number of sulfonamides is 1. The van der Waals surface area contributed by atoms with Crippen LogP contribution in [0.15, 0.2) is 12.1 Å². The molecular formula is C18H26N4O5S. The van der Waals surface area contributed by atoms with E-state index in [4.69, 9.17) is 10.5 Å². The maximum atomic E-state index is 12.4. The normalized spacial score (nSPS) is 16.6. The fourth-order valence-electron chi connectivity index (χ4n) is 3.72. The average Bonchev–Trinajstić information content (AvgIpc) is 3.11. The molecule has 3 rings (SSSR count). The molecule has 1 fully saturated rings. The van der Waals surface area contributed by atoms with Crippen molar-refractivity contribution in [3.63, 3.8) is 0 Å². The first kappa shape index (κ1) is 20.7. The van der Waals surface area contributed by atoms with Crippen LogP contribution in [-0.4, -0.2) is 66.5 Å². The minimum absolute atomic E-state index is 0.0837. The Morgan fingerprint density at radius 3 is 2.71 bits per heavy atom. The third-order valence-corrected chi connectivity index (χ3v) is 7.16. The van der Waals surface area contributed by atoms with Gasteiger partial charge < -0.3 is 15.6 Å². The average molecular weight is 410 g/mol. The van der Waals surface area contributed by atoms with Gasteiger partial charge in [-0.3, -0.25) is 9.89 Å². The molecule has 1 aliphatic heterocycles. The lowest BCUT2D eigenvalue weighted by atomic mass is 9.91. The quantitative estimate of drug-likeness (QED) is 0.548. The summed E-state index contributed by atoms with van der Waals surface area (Å²) in [5.74, 6) is -0.430. The molecule has 2 heterocycles. The second-order valence-electron chi connectivity index (χ2n) is 7.03. The largest absolute Gasteiger partial charge is 0.392 e. The molecule has 28 heavy (non-hydrogen) atoms. The van der Waals surface area contributed by atoms with Crippen LogP contribution < -0.4 is 5.73 Å². The van der Waals surface area contributed by atoms with E-state index in [0.29, 0.717) is 50.0 Å². The van der Waals surface area contributed by atoms with E-state index in [-0.39, 0.29) is 23.8 Å². The number of carbonyl (C=O) groups is 1. The lowest BCUT2D eigenvalue weighted by Gasteiger charge is -2.31. The number of methoxy groups -OCH3 is 1. The van der Waals surface area contributed by atoms with Crippen LogP contribution >= 0.6 is 0 Å².